The molecule has 3 rings (SSSR count). The summed E-state index contributed by atoms with van der Waals surface area (Å²) in [5, 5.41) is 2.88. The first-order valence-electron chi connectivity index (χ1n) is 12.2. The number of carbonyl (C=O) groups is 4. The number of carbonyl (C=O) groups excluding carboxylic acids is 4. The first-order chi connectivity index (χ1) is 16.3. The van der Waals surface area contributed by atoms with Gasteiger partial charge in [-0.05, 0) is 56.2 Å². The van der Waals surface area contributed by atoms with Crippen LogP contribution in [0.1, 0.15) is 56.3 Å². The summed E-state index contributed by atoms with van der Waals surface area (Å²) in [7, 11) is 0. The zero-order valence-corrected chi connectivity index (χ0v) is 20.1. The highest BCUT2D eigenvalue weighted by Crippen LogP contribution is 2.31. The van der Waals surface area contributed by atoms with E-state index >= 15 is 0 Å². The van der Waals surface area contributed by atoms with Gasteiger partial charge in [-0.15, -0.1) is 0 Å². The van der Waals surface area contributed by atoms with Crippen molar-refractivity contribution in [3.63, 3.8) is 0 Å². The predicted molar refractivity (Wildman–Crippen MR) is 128 cm³/mol. The fourth-order valence-corrected chi connectivity index (χ4v) is 4.90. The molecule has 2 heterocycles. The molecule has 2 atom stereocenters. The monoisotopic (exact) mass is 472 g/mol. The largest absolute Gasteiger partial charge is 0.462 e. The number of primary amides is 1. The van der Waals surface area contributed by atoms with Crippen LogP contribution in [0, 0.1) is 17.8 Å². The molecule has 0 radical (unpaired) electrons. The lowest BCUT2D eigenvalue weighted by Gasteiger charge is -2.39. The number of ether oxygens (including phenoxy) is 1. The van der Waals surface area contributed by atoms with Gasteiger partial charge in [0.1, 0.15) is 0 Å². The van der Waals surface area contributed by atoms with Crippen LogP contribution in [0.15, 0.2) is 24.3 Å². The van der Waals surface area contributed by atoms with Crippen molar-refractivity contribution in [2.75, 3.05) is 38.1 Å². The maximum atomic E-state index is 12.9. The Morgan fingerprint density at radius 2 is 1.74 bits per heavy atom. The molecule has 2 aliphatic heterocycles. The Bertz CT molecular complexity index is 897. The second kappa shape index (κ2) is 11.9. The molecule has 0 aromatic heterocycles. The van der Waals surface area contributed by atoms with E-state index in [-0.39, 0.29) is 42.2 Å². The van der Waals surface area contributed by atoms with Gasteiger partial charge >= 0.3 is 12.0 Å². The normalized spacial score (nSPS) is 21.1. The number of anilines is 1. The lowest BCUT2D eigenvalue weighted by molar-refractivity contribution is -0.136. The second-order valence-electron chi connectivity index (χ2n) is 9.16. The number of benzene rings is 1. The van der Waals surface area contributed by atoms with Crippen LogP contribution in [0.25, 0.3) is 0 Å². The SMILES string of the molecule is CCOC(=O)c1cccc(NC(=O)N2CC[C@@H](CC(=O)N3CCC(C(N)=O)CC3)[C@@H](CC)C2)c1. The molecule has 0 spiro atoms. The average molecular weight is 473 g/mol. The maximum Gasteiger partial charge on any atom is 0.338 e. The number of likely N-dealkylation sites (tertiary alicyclic amines) is 2. The molecule has 0 unspecified atom stereocenters. The number of rotatable bonds is 7. The lowest BCUT2D eigenvalue weighted by Crippen LogP contribution is -2.47. The van der Waals surface area contributed by atoms with Gasteiger partial charge in [0, 0.05) is 44.2 Å². The van der Waals surface area contributed by atoms with Crippen molar-refractivity contribution >= 4 is 29.5 Å². The van der Waals surface area contributed by atoms with E-state index in [1.54, 1.807) is 36.1 Å². The standard InChI is InChI=1S/C25H36N4O5/c1-3-17-16-29(25(33)27-21-7-5-6-20(14-21)24(32)34-4-2)13-10-19(17)15-22(30)28-11-8-18(9-12-28)23(26)31/h5-7,14,17-19H,3-4,8-13,15-16H2,1-2H3,(H2,26,31)(H,27,33)/t17-,19-/m0/s1. The van der Waals surface area contributed by atoms with E-state index in [1.165, 1.54) is 0 Å². The van der Waals surface area contributed by atoms with Gasteiger partial charge in [0.2, 0.25) is 11.8 Å². The van der Waals surface area contributed by atoms with Crippen LogP contribution in [0.4, 0.5) is 10.5 Å². The molecule has 3 N–H and O–H groups in total. The summed E-state index contributed by atoms with van der Waals surface area (Å²) in [6.07, 6.45) is 3.38. The van der Waals surface area contributed by atoms with Crippen molar-refractivity contribution in [2.24, 2.45) is 23.5 Å². The number of amides is 4. The third-order valence-electron chi connectivity index (χ3n) is 7.01. The molecule has 2 saturated heterocycles. The van der Waals surface area contributed by atoms with Gasteiger partial charge in [-0.25, -0.2) is 9.59 Å². The molecule has 0 aliphatic carbocycles. The summed E-state index contributed by atoms with van der Waals surface area (Å²) in [6, 6.07) is 6.50. The van der Waals surface area contributed by atoms with Crippen LogP contribution in [0.5, 0.6) is 0 Å². The molecule has 1 aromatic rings. The zero-order chi connectivity index (χ0) is 24.7. The minimum atomic E-state index is -0.422. The predicted octanol–water partition coefficient (Wildman–Crippen LogP) is 2.86. The van der Waals surface area contributed by atoms with E-state index in [9.17, 15) is 19.2 Å². The van der Waals surface area contributed by atoms with E-state index in [0.717, 1.165) is 12.8 Å². The number of hydrogen-bond acceptors (Lipinski definition) is 5. The molecule has 2 aliphatic rings. The maximum absolute atomic E-state index is 12.9. The minimum absolute atomic E-state index is 0.125. The highest BCUT2D eigenvalue weighted by Gasteiger charge is 2.34. The van der Waals surface area contributed by atoms with E-state index in [1.807, 2.05) is 4.90 Å². The molecule has 2 fully saturated rings. The number of urea groups is 1. The fraction of sp³-hybridized carbons (Fsp3) is 0.600. The van der Waals surface area contributed by atoms with Crippen molar-refractivity contribution in [1.29, 1.82) is 0 Å². The Kier molecular flexibility index (Phi) is 8.90. The number of nitrogens with one attached hydrogen (secondary N) is 1. The van der Waals surface area contributed by atoms with E-state index in [0.29, 0.717) is 56.7 Å². The number of nitrogens with two attached hydrogens (primary N) is 1. The van der Waals surface area contributed by atoms with E-state index in [2.05, 4.69) is 12.2 Å². The summed E-state index contributed by atoms with van der Waals surface area (Å²) in [6.45, 7) is 6.44. The Morgan fingerprint density at radius 1 is 1.03 bits per heavy atom. The first kappa shape index (κ1) is 25.5. The summed E-state index contributed by atoms with van der Waals surface area (Å²) in [5.74, 6) is -0.252. The second-order valence-corrected chi connectivity index (χ2v) is 9.16. The summed E-state index contributed by atoms with van der Waals surface area (Å²) in [4.78, 5) is 52.7. The van der Waals surface area contributed by atoms with Crippen LogP contribution in [-0.4, -0.2) is 66.4 Å². The van der Waals surface area contributed by atoms with Crippen molar-refractivity contribution in [2.45, 2.75) is 46.0 Å². The third-order valence-corrected chi connectivity index (χ3v) is 7.01. The third kappa shape index (κ3) is 6.48. The Labute approximate surface area is 201 Å². The number of piperidine rings is 2. The van der Waals surface area contributed by atoms with Gasteiger partial charge in [-0.2, -0.15) is 0 Å². The number of hydrogen-bond donors (Lipinski definition) is 2. The molecule has 0 bridgehead atoms. The summed E-state index contributed by atoms with van der Waals surface area (Å²) >= 11 is 0. The molecular weight excluding hydrogens is 436 g/mol. The van der Waals surface area contributed by atoms with E-state index < -0.39 is 5.97 Å². The van der Waals surface area contributed by atoms with Crippen molar-refractivity contribution in [1.82, 2.24) is 9.80 Å². The first-order valence-corrected chi connectivity index (χ1v) is 12.2. The number of nitrogens with zero attached hydrogens (tertiary/aromatic N) is 2. The molecule has 9 heteroatoms. The van der Waals surface area contributed by atoms with Crippen LogP contribution >= 0.6 is 0 Å². The van der Waals surface area contributed by atoms with Crippen LogP contribution < -0.4 is 11.1 Å². The molecule has 34 heavy (non-hydrogen) atoms. The smallest absolute Gasteiger partial charge is 0.338 e. The Hall–Kier alpha value is -3.10. The fourth-order valence-electron chi connectivity index (χ4n) is 4.90. The topological polar surface area (TPSA) is 122 Å². The zero-order valence-electron chi connectivity index (χ0n) is 20.1. The van der Waals surface area contributed by atoms with Crippen LogP contribution in [-0.2, 0) is 14.3 Å². The van der Waals surface area contributed by atoms with Crippen molar-refractivity contribution < 1.29 is 23.9 Å². The van der Waals surface area contributed by atoms with Crippen molar-refractivity contribution in [3.05, 3.63) is 29.8 Å². The van der Waals surface area contributed by atoms with E-state index in [4.69, 9.17) is 10.5 Å². The molecule has 186 valence electrons. The molecule has 4 amide bonds. The van der Waals surface area contributed by atoms with Crippen molar-refractivity contribution in [3.8, 4) is 0 Å². The summed E-state index contributed by atoms with van der Waals surface area (Å²) < 4.78 is 5.02. The van der Waals surface area contributed by atoms with Gasteiger partial charge < -0.3 is 25.6 Å². The van der Waals surface area contributed by atoms with Gasteiger partial charge in [0.15, 0.2) is 0 Å². The highest BCUT2D eigenvalue weighted by molar-refractivity contribution is 5.94. The molecule has 1 aromatic carbocycles. The summed E-state index contributed by atoms with van der Waals surface area (Å²) in [5.41, 5.74) is 6.33. The molecule has 0 saturated carbocycles. The average Bonchev–Trinajstić information content (AvgIpc) is 2.84. The van der Waals surface area contributed by atoms with Gasteiger partial charge in [0.25, 0.3) is 0 Å². The lowest BCUT2D eigenvalue weighted by atomic mass is 9.81. The van der Waals surface area contributed by atoms with Gasteiger partial charge in [0.05, 0.1) is 12.2 Å². The van der Waals surface area contributed by atoms with Gasteiger partial charge in [-0.1, -0.05) is 19.4 Å². The number of esters is 1. The molecular formula is C25H36N4O5. The molecule has 9 nitrogen and oxygen atoms in total. The highest BCUT2D eigenvalue weighted by atomic mass is 16.5. The Morgan fingerprint density at radius 3 is 2.38 bits per heavy atom. The van der Waals surface area contributed by atoms with Crippen LogP contribution in [0.2, 0.25) is 0 Å². The van der Waals surface area contributed by atoms with Crippen LogP contribution in [0.3, 0.4) is 0 Å². The van der Waals surface area contributed by atoms with Gasteiger partial charge in [-0.3, -0.25) is 9.59 Å². The minimum Gasteiger partial charge on any atom is -0.462 e. The Balaban J connectivity index is 1.52. The quantitative estimate of drug-likeness (QED) is 0.591.